The first kappa shape index (κ1) is 84.4. The van der Waals surface area contributed by atoms with Crippen molar-refractivity contribution in [3.05, 3.63) is 134 Å². The van der Waals surface area contributed by atoms with Crippen molar-refractivity contribution in [2.45, 2.75) is 309 Å². The van der Waals surface area contributed by atoms with Gasteiger partial charge in [-0.2, -0.15) is 0 Å². The normalized spacial score (nSPS) is 13.5. The Kier molecular flexibility index (Phi) is 65.8. The molecule has 9 heteroatoms. The van der Waals surface area contributed by atoms with E-state index in [1.54, 1.807) is 0 Å². The molecule has 0 aliphatic rings. The fourth-order valence-electron chi connectivity index (χ4n) is 9.93. The van der Waals surface area contributed by atoms with Gasteiger partial charge >= 0.3 is 17.9 Å². The molecule has 89 heavy (non-hydrogen) atoms. The molecule has 0 radical (unpaired) electrons. The lowest BCUT2D eigenvalue weighted by Crippen LogP contribution is -2.40. The van der Waals surface area contributed by atoms with E-state index in [2.05, 4.69) is 148 Å². The predicted molar refractivity (Wildman–Crippen MR) is 382 cm³/mol. The molecule has 0 fully saturated rings. The smallest absolute Gasteiger partial charge is 0.361 e. The number of ether oxygens (including phenoxy) is 4. The lowest BCUT2D eigenvalue weighted by molar-refractivity contribution is -0.870. The van der Waals surface area contributed by atoms with Gasteiger partial charge in [0.1, 0.15) is 13.2 Å². The molecule has 1 N–H and O–H groups in total. The highest BCUT2D eigenvalue weighted by Gasteiger charge is 2.25. The molecule has 9 nitrogen and oxygen atoms in total. The molecule has 2 atom stereocenters. The van der Waals surface area contributed by atoms with Crippen molar-refractivity contribution in [3.63, 3.8) is 0 Å². The van der Waals surface area contributed by atoms with Crippen LogP contribution in [0.1, 0.15) is 296 Å². The topological polar surface area (TPSA) is 108 Å². The second kappa shape index (κ2) is 69.3. The largest absolute Gasteiger partial charge is 0.477 e. The summed E-state index contributed by atoms with van der Waals surface area (Å²) in [6.07, 6.45) is 97.1. The number of quaternary nitrogens is 1. The summed E-state index contributed by atoms with van der Waals surface area (Å²) in [5.41, 5.74) is 0. The Balaban J connectivity index is 4.10. The Morgan fingerprint density at radius 2 is 0.607 bits per heavy atom. The molecule has 2 unspecified atom stereocenters. The van der Waals surface area contributed by atoms with Crippen LogP contribution >= 0.6 is 0 Å². The summed E-state index contributed by atoms with van der Waals surface area (Å²) in [7, 11) is 5.98. The average molecular weight is 1240 g/mol. The van der Waals surface area contributed by atoms with E-state index in [9.17, 15) is 19.5 Å². The number of carbonyl (C=O) groups is 3. The molecule has 0 aromatic carbocycles. The van der Waals surface area contributed by atoms with Crippen molar-refractivity contribution in [2.75, 3.05) is 47.5 Å². The SMILES string of the molecule is CC/C=C\C/C=C\C/C=C\C/C=C\C/C=C\C/C=C\CCCCCCCCCCCCC(=O)OC(COC(=O)CCCCCCCCCCCCCCCCCCCCC/C=C\C/C=C\C/C=C\C/C=C\C/C=C\CC)COC(OCC[N+](C)(C)C)C(=O)O. The fraction of sp³-hybridized carbons (Fsp3) is 0.688. The minimum absolute atomic E-state index is 0.182. The molecule has 0 aromatic heterocycles. The highest BCUT2D eigenvalue weighted by molar-refractivity contribution is 5.71. The Labute approximate surface area is 548 Å². The van der Waals surface area contributed by atoms with Crippen molar-refractivity contribution in [3.8, 4) is 0 Å². The molecular formula is C80H136NO8+. The van der Waals surface area contributed by atoms with Crippen LogP contribution in [0.5, 0.6) is 0 Å². The van der Waals surface area contributed by atoms with Gasteiger partial charge in [-0.15, -0.1) is 0 Å². The molecule has 0 aliphatic heterocycles. The Bertz CT molecular complexity index is 1930. The van der Waals surface area contributed by atoms with E-state index in [-0.39, 0.29) is 32.2 Å². The van der Waals surface area contributed by atoms with Crippen LogP contribution in [0.4, 0.5) is 0 Å². The van der Waals surface area contributed by atoms with Crippen LogP contribution in [0.25, 0.3) is 0 Å². The highest BCUT2D eigenvalue weighted by Crippen LogP contribution is 2.17. The first-order valence-electron chi connectivity index (χ1n) is 36.3. The molecule has 0 spiro atoms. The van der Waals surface area contributed by atoms with Crippen LogP contribution in [0, 0.1) is 0 Å². The highest BCUT2D eigenvalue weighted by atomic mass is 16.7. The fourth-order valence-corrected chi connectivity index (χ4v) is 9.93. The number of carboxylic acids is 1. The second-order valence-corrected chi connectivity index (χ2v) is 25.1. The van der Waals surface area contributed by atoms with E-state index in [0.717, 1.165) is 116 Å². The maximum Gasteiger partial charge on any atom is 0.361 e. The first-order chi connectivity index (χ1) is 43.6. The van der Waals surface area contributed by atoms with Gasteiger partial charge in [0.05, 0.1) is 34.4 Å². The van der Waals surface area contributed by atoms with E-state index in [1.165, 1.54) is 148 Å². The number of aliphatic carboxylic acids is 1. The molecule has 0 bridgehead atoms. The molecule has 0 aliphatic carbocycles. The quantitative estimate of drug-likeness (QED) is 0.0211. The number of rotatable bonds is 66. The molecule has 0 saturated heterocycles. The van der Waals surface area contributed by atoms with Gasteiger partial charge in [-0.1, -0.05) is 308 Å². The molecule has 0 rings (SSSR count). The van der Waals surface area contributed by atoms with Crippen LogP contribution in [0.2, 0.25) is 0 Å². The molecule has 508 valence electrons. The summed E-state index contributed by atoms with van der Waals surface area (Å²) in [4.78, 5) is 37.7. The van der Waals surface area contributed by atoms with Crippen molar-refractivity contribution < 1.29 is 42.9 Å². The Morgan fingerprint density at radius 1 is 0.337 bits per heavy atom. The standard InChI is InChI=1S/C80H135NO8/c1-6-8-10-12-14-16-18-20-22-24-26-28-30-32-34-36-37-38-39-40-41-43-44-46-48-50-52-54-56-58-60-62-64-66-68-70-77(82)87-74-76(75-88-80(79(84)85)86-73-72-81(3,4)5)89-78(83)71-69-67-65-63-61-59-57-55-53-51-49-47-45-42-35-33-31-29-27-25-23-21-19-17-15-13-11-9-7-2/h8-11,14-17,20-23,26-29,32-35,45,47,76,80H,6-7,12-13,18-19,24-25,30-31,36-44,46,48-75H2,1-5H3/p+1/b10-8-,11-9-,16-14-,17-15-,22-20-,23-21-,28-26-,29-27-,34-32-,35-33-,47-45-. The molecule has 0 aromatic rings. The number of hydrogen-bond donors (Lipinski definition) is 1. The Hall–Kier alpha value is -4.57. The zero-order chi connectivity index (χ0) is 64.7. The van der Waals surface area contributed by atoms with Crippen LogP contribution < -0.4 is 0 Å². The van der Waals surface area contributed by atoms with Crippen molar-refractivity contribution in [2.24, 2.45) is 0 Å². The summed E-state index contributed by atoms with van der Waals surface area (Å²) >= 11 is 0. The number of nitrogens with zero attached hydrogens (tertiary/aromatic N) is 1. The minimum atomic E-state index is -1.52. The first-order valence-corrected chi connectivity index (χ1v) is 36.3. The third-order valence-electron chi connectivity index (χ3n) is 15.4. The molecular weight excluding hydrogens is 1100 g/mol. The third kappa shape index (κ3) is 70.7. The second-order valence-electron chi connectivity index (χ2n) is 25.1. The number of esters is 2. The summed E-state index contributed by atoms with van der Waals surface area (Å²) in [5.74, 6) is -2.01. The van der Waals surface area contributed by atoms with Crippen molar-refractivity contribution >= 4 is 17.9 Å². The lowest BCUT2D eigenvalue weighted by atomic mass is 10.0. The van der Waals surface area contributed by atoms with Gasteiger partial charge in [0.2, 0.25) is 0 Å². The number of carbonyl (C=O) groups excluding carboxylic acids is 2. The number of unbranched alkanes of at least 4 members (excludes halogenated alkanes) is 29. The van der Waals surface area contributed by atoms with Crippen LogP contribution in [-0.2, 0) is 33.3 Å². The van der Waals surface area contributed by atoms with Gasteiger partial charge in [0, 0.05) is 12.8 Å². The number of carboxylic acid groups (broad SMARTS) is 1. The van der Waals surface area contributed by atoms with Gasteiger partial charge in [-0.3, -0.25) is 9.59 Å². The molecule has 0 amide bonds. The van der Waals surface area contributed by atoms with Crippen LogP contribution in [-0.4, -0.2) is 87.4 Å². The van der Waals surface area contributed by atoms with E-state index in [4.69, 9.17) is 18.9 Å². The van der Waals surface area contributed by atoms with Gasteiger partial charge in [0.25, 0.3) is 6.29 Å². The average Bonchev–Trinajstić information content (AvgIpc) is 3.71. The van der Waals surface area contributed by atoms with E-state index < -0.39 is 24.3 Å². The van der Waals surface area contributed by atoms with Crippen molar-refractivity contribution in [1.29, 1.82) is 0 Å². The molecule has 0 saturated carbocycles. The van der Waals surface area contributed by atoms with Crippen molar-refractivity contribution in [1.82, 2.24) is 0 Å². The minimum Gasteiger partial charge on any atom is -0.477 e. The third-order valence-corrected chi connectivity index (χ3v) is 15.4. The van der Waals surface area contributed by atoms with Crippen LogP contribution in [0.3, 0.4) is 0 Å². The Morgan fingerprint density at radius 3 is 0.899 bits per heavy atom. The maximum atomic E-state index is 13.0. The van der Waals surface area contributed by atoms with Gasteiger partial charge in [-0.05, 0) is 109 Å². The zero-order valence-corrected chi connectivity index (χ0v) is 58.0. The van der Waals surface area contributed by atoms with E-state index in [0.29, 0.717) is 23.9 Å². The molecule has 0 heterocycles. The number of likely N-dealkylation sites (N-methyl/N-ethyl adjacent to an activating group) is 1. The number of hydrogen-bond acceptors (Lipinski definition) is 7. The van der Waals surface area contributed by atoms with E-state index >= 15 is 0 Å². The maximum absolute atomic E-state index is 13.0. The summed E-state index contributed by atoms with van der Waals surface area (Å²) < 4.78 is 23.0. The van der Waals surface area contributed by atoms with Gasteiger partial charge in [0.15, 0.2) is 6.10 Å². The van der Waals surface area contributed by atoms with Gasteiger partial charge < -0.3 is 28.5 Å². The zero-order valence-electron chi connectivity index (χ0n) is 58.0. The van der Waals surface area contributed by atoms with E-state index in [1.807, 2.05) is 21.1 Å². The predicted octanol–water partition coefficient (Wildman–Crippen LogP) is 22.9. The summed E-state index contributed by atoms with van der Waals surface area (Å²) in [6, 6.07) is 0. The lowest BCUT2D eigenvalue weighted by Gasteiger charge is -2.25. The summed E-state index contributed by atoms with van der Waals surface area (Å²) in [5, 5.41) is 9.76. The van der Waals surface area contributed by atoms with Gasteiger partial charge in [-0.25, -0.2) is 4.79 Å². The number of allylic oxidation sites excluding steroid dienone is 22. The monoisotopic (exact) mass is 1240 g/mol. The summed E-state index contributed by atoms with van der Waals surface area (Å²) in [6.45, 7) is 4.66. The van der Waals surface area contributed by atoms with Crippen LogP contribution in [0.15, 0.2) is 134 Å².